The molecule has 1 heteroatoms. The van der Waals surface area contributed by atoms with Crippen LogP contribution in [-0.2, 0) is 0 Å². The van der Waals surface area contributed by atoms with Gasteiger partial charge in [0.25, 0.3) is 0 Å². The van der Waals surface area contributed by atoms with Crippen LogP contribution < -0.4 is 0 Å². The number of hydrogen-bond donors (Lipinski definition) is 1. The maximum Gasteiger partial charge on any atom is 0.0575 e. The molecule has 0 aromatic carbocycles. The summed E-state index contributed by atoms with van der Waals surface area (Å²) in [7, 11) is 0. The molecule has 1 unspecified atom stereocenters. The first kappa shape index (κ1) is 10.0. The van der Waals surface area contributed by atoms with Crippen molar-refractivity contribution in [3.63, 3.8) is 0 Å². The van der Waals surface area contributed by atoms with Crippen LogP contribution >= 0.6 is 0 Å². The molecule has 2 atom stereocenters. The minimum Gasteiger partial charge on any atom is -0.393 e. The summed E-state index contributed by atoms with van der Waals surface area (Å²) >= 11 is 0. The lowest BCUT2D eigenvalue weighted by Gasteiger charge is -2.40. The van der Waals surface area contributed by atoms with Crippen molar-refractivity contribution < 1.29 is 5.11 Å². The summed E-state index contributed by atoms with van der Waals surface area (Å²) in [6.45, 7) is 8.94. The third-order valence-electron chi connectivity index (χ3n) is 3.27. The van der Waals surface area contributed by atoms with E-state index in [1.807, 2.05) is 0 Å². The molecular weight excluding hydrogens is 148 g/mol. The van der Waals surface area contributed by atoms with E-state index in [0.29, 0.717) is 17.3 Å². The SMILES string of the molecule is CC(C)C1CCC(C)(C)C[C@H]1O. The fourth-order valence-corrected chi connectivity index (χ4v) is 2.35. The standard InChI is InChI=1S/C11H22O/c1-8(2)9-5-6-11(3,4)7-10(9)12/h8-10,12H,5-7H2,1-4H3/t9?,10-/m1/s1. The van der Waals surface area contributed by atoms with Crippen LogP contribution in [0.25, 0.3) is 0 Å². The Balaban J connectivity index is 2.54. The number of aliphatic hydroxyl groups is 1. The Morgan fingerprint density at radius 3 is 2.33 bits per heavy atom. The predicted octanol–water partition coefficient (Wildman–Crippen LogP) is 2.83. The Bertz CT molecular complexity index is 149. The van der Waals surface area contributed by atoms with Crippen molar-refractivity contribution in [1.29, 1.82) is 0 Å². The normalized spacial score (nSPS) is 35.5. The summed E-state index contributed by atoms with van der Waals surface area (Å²) in [5.41, 5.74) is 0.366. The Morgan fingerprint density at radius 2 is 1.92 bits per heavy atom. The zero-order chi connectivity index (χ0) is 9.35. The highest BCUT2D eigenvalue weighted by molar-refractivity contribution is 4.85. The van der Waals surface area contributed by atoms with Gasteiger partial charge in [-0.15, -0.1) is 0 Å². The molecule has 1 aliphatic rings. The van der Waals surface area contributed by atoms with E-state index in [4.69, 9.17) is 0 Å². The van der Waals surface area contributed by atoms with Gasteiger partial charge >= 0.3 is 0 Å². The topological polar surface area (TPSA) is 20.2 Å². The van der Waals surface area contributed by atoms with Crippen molar-refractivity contribution >= 4 is 0 Å². The highest BCUT2D eigenvalue weighted by Gasteiger charge is 2.34. The molecule has 12 heavy (non-hydrogen) atoms. The molecule has 0 amide bonds. The summed E-state index contributed by atoms with van der Waals surface area (Å²) in [5, 5.41) is 9.87. The molecule has 0 spiro atoms. The average molecular weight is 170 g/mol. The van der Waals surface area contributed by atoms with Crippen LogP contribution in [0, 0.1) is 17.3 Å². The van der Waals surface area contributed by atoms with Crippen LogP contribution in [-0.4, -0.2) is 11.2 Å². The van der Waals surface area contributed by atoms with Gasteiger partial charge in [-0.3, -0.25) is 0 Å². The molecule has 1 nitrogen and oxygen atoms in total. The van der Waals surface area contributed by atoms with Crippen LogP contribution in [0.1, 0.15) is 47.0 Å². The van der Waals surface area contributed by atoms with E-state index in [0.717, 1.165) is 6.42 Å². The van der Waals surface area contributed by atoms with E-state index in [1.54, 1.807) is 0 Å². The molecule has 0 aromatic heterocycles. The maximum atomic E-state index is 9.87. The lowest BCUT2D eigenvalue weighted by atomic mass is 9.68. The number of aliphatic hydroxyl groups excluding tert-OH is 1. The number of hydrogen-bond acceptors (Lipinski definition) is 1. The highest BCUT2D eigenvalue weighted by Crippen LogP contribution is 2.40. The van der Waals surface area contributed by atoms with Gasteiger partial charge < -0.3 is 5.11 Å². The molecule has 1 rings (SSSR count). The molecule has 0 bridgehead atoms. The molecular formula is C11H22O. The summed E-state index contributed by atoms with van der Waals surface area (Å²) in [5.74, 6) is 1.18. The van der Waals surface area contributed by atoms with Gasteiger partial charge in [-0.1, -0.05) is 27.7 Å². The van der Waals surface area contributed by atoms with Crippen LogP contribution in [0.5, 0.6) is 0 Å². The second-order valence-electron chi connectivity index (χ2n) is 5.38. The first-order chi connectivity index (χ1) is 5.42. The van der Waals surface area contributed by atoms with Crippen LogP contribution in [0.4, 0.5) is 0 Å². The second kappa shape index (κ2) is 3.37. The molecule has 1 saturated carbocycles. The Morgan fingerprint density at radius 1 is 1.33 bits per heavy atom. The van der Waals surface area contributed by atoms with Crippen molar-refractivity contribution in [1.82, 2.24) is 0 Å². The largest absolute Gasteiger partial charge is 0.393 e. The molecule has 1 N–H and O–H groups in total. The van der Waals surface area contributed by atoms with Crippen molar-refractivity contribution in [2.24, 2.45) is 17.3 Å². The van der Waals surface area contributed by atoms with Crippen molar-refractivity contribution in [2.45, 2.75) is 53.1 Å². The second-order valence-corrected chi connectivity index (χ2v) is 5.38. The Kier molecular flexibility index (Phi) is 2.82. The zero-order valence-electron chi connectivity index (χ0n) is 8.80. The minimum atomic E-state index is -0.0613. The monoisotopic (exact) mass is 170 g/mol. The van der Waals surface area contributed by atoms with Gasteiger partial charge in [-0.2, -0.15) is 0 Å². The summed E-state index contributed by atoms with van der Waals surface area (Å²) in [6, 6.07) is 0. The minimum absolute atomic E-state index is 0.0613. The third kappa shape index (κ3) is 2.22. The molecule has 0 heterocycles. The fourth-order valence-electron chi connectivity index (χ4n) is 2.35. The van der Waals surface area contributed by atoms with Gasteiger partial charge in [-0.05, 0) is 36.5 Å². The lowest BCUT2D eigenvalue weighted by molar-refractivity contribution is -0.00325. The number of rotatable bonds is 1. The van der Waals surface area contributed by atoms with Gasteiger partial charge in [0.1, 0.15) is 0 Å². The van der Waals surface area contributed by atoms with Crippen molar-refractivity contribution in [3.8, 4) is 0 Å². The maximum absolute atomic E-state index is 9.87. The van der Waals surface area contributed by atoms with E-state index in [9.17, 15) is 5.11 Å². The molecule has 0 saturated heterocycles. The summed E-state index contributed by atoms with van der Waals surface area (Å²) in [6.07, 6.45) is 3.39. The van der Waals surface area contributed by atoms with Crippen molar-refractivity contribution in [2.75, 3.05) is 0 Å². The summed E-state index contributed by atoms with van der Waals surface area (Å²) < 4.78 is 0. The lowest BCUT2D eigenvalue weighted by Crippen LogP contribution is -2.36. The Hall–Kier alpha value is -0.0400. The quantitative estimate of drug-likeness (QED) is 0.641. The molecule has 0 radical (unpaired) electrons. The molecule has 72 valence electrons. The van der Waals surface area contributed by atoms with Crippen LogP contribution in [0.3, 0.4) is 0 Å². The summed E-state index contributed by atoms with van der Waals surface area (Å²) in [4.78, 5) is 0. The predicted molar refractivity (Wildman–Crippen MR) is 52.0 cm³/mol. The van der Waals surface area contributed by atoms with Gasteiger partial charge in [0.05, 0.1) is 6.10 Å². The van der Waals surface area contributed by atoms with Crippen molar-refractivity contribution in [3.05, 3.63) is 0 Å². The first-order valence-electron chi connectivity index (χ1n) is 5.10. The van der Waals surface area contributed by atoms with E-state index >= 15 is 0 Å². The molecule has 0 aromatic rings. The van der Waals surface area contributed by atoms with Gasteiger partial charge in [0.2, 0.25) is 0 Å². The van der Waals surface area contributed by atoms with Gasteiger partial charge in [-0.25, -0.2) is 0 Å². The fraction of sp³-hybridized carbons (Fsp3) is 1.00. The molecule has 1 fully saturated rings. The smallest absolute Gasteiger partial charge is 0.0575 e. The van der Waals surface area contributed by atoms with Gasteiger partial charge in [0.15, 0.2) is 0 Å². The third-order valence-corrected chi connectivity index (χ3v) is 3.27. The van der Waals surface area contributed by atoms with E-state index in [1.165, 1.54) is 12.8 Å². The molecule has 0 aliphatic heterocycles. The van der Waals surface area contributed by atoms with E-state index in [-0.39, 0.29) is 6.10 Å². The average Bonchev–Trinajstić information content (AvgIpc) is 1.83. The van der Waals surface area contributed by atoms with E-state index < -0.39 is 0 Å². The van der Waals surface area contributed by atoms with Crippen LogP contribution in [0.2, 0.25) is 0 Å². The Labute approximate surface area is 76.2 Å². The van der Waals surface area contributed by atoms with E-state index in [2.05, 4.69) is 27.7 Å². The van der Waals surface area contributed by atoms with Crippen LogP contribution in [0.15, 0.2) is 0 Å². The first-order valence-corrected chi connectivity index (χ1v) is 5.10. The van der Waals surface area contributed by atoms with Gasteiger partial charge in [0, 0.05) is 0 Å². The zero-order valence-corrected chi connectivity index (χ0v) is 8.80. The molecule has 1 aliphatic carbocycles. The highest BCUT2D eigenvalue weighted by atomic mass is 16.3.